The van der Waals surface area contributed by atoms with Crippen LogP contribution in [0, 0.1) is 0 Å². The molecular weight excluding hydrogens is 320 g/mol. The molecule has 1 rings (SSSR count). The van der Waals surface area contributed by atoms with E-state index in [1.807, 2.05) is 12.1 Å². The Balaban J connectivity index is 2.14. The molecule has 0 aliphatic rings. The molecule has 18 heavy (non-hydrogen) atoms. The fourth-order valence-corrected chi connectivity index (χ4v) is 1.81. The van der Waals surface area contributed by atoms with Gasteiger partial charge in [0.05, 0.1) is 11.6 Å². The molecular formula is C12H16BrClN2O2. The Morgan fingerprint density at radius 2 is 2.17 bits per heavy atom. The summed E-state index contributed by atoms with van der Waals surface area (Å²) in [5.74, 6) is 5.60. The molecule has 100 valence electrons. The highest BCUT2D eigenvalue weighted by molar-refractivity contribution is 9.10. The fourth-order valence-electron chi connectivity index (χ4n) is 1.39. The Labute approximate surface area is 120 Å². The number of hydrazine groups is 1. The third-order valence-electron chi connectivity index (χ3n) is 2.37. The van der Waals surface area contributed by atoms with Gasteiger partial charge in [0.25, 0.3) is 0 Å². The van der Waals surface area contributed by atoms with E-state index in [9.17, 15) is 4.79 Å². The molecule has 4 nitrogen and oxygen atoms in total. The lowest BCUT2D eigenvalue weighted by atomic mass is 10.2. The van der Waals surface area contributed by atoms with Crippen LogP contribution < -0.4 is 16.0 Å². The van der Waals surface area contributed by atoms with Gasteiger partial charge < -0.3 is 4.74 Å². The lowest BCUT2D eigenvalue weighted by molar-refractivity contribution is -0.121. The van der Waals surface area contributed by atoms with Crippen molar-refractivity contribution in [3.8, 4) is 5.75 Å². The molecule has 0 atom stereocenters. The van der Waals surface area contributed by atoms with Crippen molar-refractivity contribution in [1.29, 1.82) is 0 Å². The average Bonchev–Trinajstić information content (AvgIpc) is 2.37. The van der Waals surface area contributed by atoms with Crippen molar-refractivity contribution in [3.05, 3.63) is 27.7 Å². The number of carbonyl (C=O) groups excluding carboxylic acids is 1. The maximum atomic E-state index is 10.8. The monoisotopic (exact) mass is 334 g/mol. The highest BCUT2D eigenvalue weighted by Crippen LogP contribution is 2.26. The largest absolute Gasteiger partial charge is 0.494 e. The number of hydrogen-bond donors (Lipinski definition) is 2. The highest BCUT2D eigenvalue weighted by Gasteiger charge is 2.01. The minimum Gasteiger partial charge on any atom is -0.494 e. The Kier molecular flexibility index (Phi) is 7.08. The number of rotatable bonds is 7. The minimum absolute atomic E-state index is 0.129. The van der Waals surface area contributed by atoms with E-state index in [-0.39, 0.29) is 5.91 Å². The number of hydrogen-bond acceptors (Lipinski definition) is 3. The van der Waals surface area contributed by atoms with Crippen molar-refractivity contribution in [1.82, 2.24) is 5.43 Å². The number of benzene rings is 1. The Morgan fingerprint density at radius 3 is 2.83 bits per heavy atom. The van der Waals surface area contributed by atoms with Crippen LogP contribution in [0.4, 0.5) is 0 Å². The van der Waals surface area contributed by atoms with Gasteiger partial charge in [-0.15, -0.1) is 0 Å². The van der Waals surface area contributed by atoms with Gasteiger partial charge >= 0.3 is 0 Å². The zero-order valence-corrected chi connectivity index (χ0v) is 12.3. The van der Waals surface area contributed by atoms with Gasteiger partial charge in [-0.3, -0.25) is 10.2 Å². The number of nitrogens with two attached hydrogens (primary N) is 1. The molecule has 0 saturated heterocycles. The van der Waals surface area contributed by atoms with E-state index in [0.29, 0.717) is 18.1 Å². The molecule has 0 aliphatic carbocycles. The molecule has 3 N–H and O–H groups in total. The summed E-state index contributed by atoms with van der Waals surface area (Å²) in [4.78, 5) is 10.8. The first-order valence-electron chi connectivity index (χ1n) is 5.71. The highest BCUT2D eigenvalue weighted by atomic mass is 79.9. The summed E-state index contributed by atoms with van der Waals surface area (Å²) < 4.78 is 6.40. The second-order valence-corrected chi connectivity index (χ2v) is 5.06. The summed E-state index contributed by atoms with van der Waals surface area (Å²) in [5, 5.41) is 0.632. The van der Waals surface area contributed by atoms with Crippen LogP contribution in [0.15, 0.2) is 22.7 Å². The second-order valence-electron chi connectivity index (χ2n) is 3.80. The quantitative estimate of drug-likeness (QED) is 0.348. The smallest absolute Gasteiger partial charge is 0.233 e. The van der Waals surface area contributed by atoms with E-state index in [2.05, 4.69) is 21.4 Å². The molecule has 0 unspecified atom stereocenters. The SMILES string of the molecule is NNC(=O)CCCCCOc1ccc(Br)c(Cl)c1. The van der Waals surface area contributed by atoms with Gasteiger partial charge in [-0.2, -0.15) is 0 Å². The van der Waals surface area contributed by atoms with Gasteiger partial charge in [0.2, 0.25) is 5.91 Å². The third-order valence-corrected chi connectivity index (χ3v) is 3.60. The first kappa shape index (κ1) is 15.3. The first-order chi connectivity index (χ1) is 8.63. The van der Waals surface area contributed by atoms with Gasteiger partial charge in [0, 0.05) is 10.9 Å². The standard InChI is InChI=1S/C12H16BrClN2O2/c13-10-6-5-9(8-11(10)14)18-7-3-1-2-4-12(17)16-15/h5-6,8H,1-4,7,15H2,(H,16,17). The number of nitrogens with one attached hydrogen (secondary N) is 1. The van der Waals surface area contributed by atoms with Gasteiger partial charge in [0.1, 0.15) is 5.75 Å². The van der Waals surface area contributed by atoms with Crippen molar-refractivity contribution in [2.24, 2.45) is 5.84 Å². The van der Waals surface area contributed by atoms with Crippen LogP contribution in [0.5, 0.6) is 5.75 Å². The van der Waals surface area contributed by atoms with E-state index >= 15 is 0 Å². The molecule has 0 saturated carbocycles. The summed E-state index contributed by atoms with van der Waals surface area (Å²) in [6, 6.07) is 5.48. The van der Waals surface area contributed by atoms with E-state index < -0.39 is 0 Å². The Morgan fingerprint density at radius 1 is 1.39 bits per heavy atom. The third kappa shape index (κ3) is 5.71. The number of halogens is 2. The molecule has 0 aliphatic heterocycles. The Hall–Kier alpha value is -0.780. The summed E-state index contributed by atoms with van der Waals surface area (Å²) >= 11 is 9.26. The lowest BCUT2D eigenvalue weighted by Crippen LogP contribution is -2.29. The zero-order valence-electron chi connectivity index (χ0n) is 9.92. The molecule has 0 radical (unpaired) electrons. The summed E-state index contributed by atoms with van der Waals surface area (Å²) in [7, 11) is 0. The van der Waals surface area contributed by atoms with E-state index in [4.69, 9.17) is 22.2 Å². The normalized spacial score (nSPS) is 10.2. The second kappa shape index (κ2) is 8.34. The molecule has 0 fully saturated rings. The van der Waals surface area contributed by atoms with Crippen molar-refractivity contribution in [2.75, 3.05) is 6.61 Å². The molecule has 0 heterocycles. The molecule has 6 heteroatoms. The van der Waals surface area contributed by atoms with E-state index in [1.54, 1.807) is 6.07 Å². The van der Waals surface area contributed by atoms with Crippen molar-refractivity contribution in [3.63, 3.8) is 0 Å². The van der Waals surface area contributed by atoms with Crippen LogP contribution in [0.2, 0.25) is 5.02 Å². The van der Waals surface area contributed by atoms with Gasteiger partial charge in [0.15, 0.2) is 0 Å². The molecule has 1 aromatic rings. The predicted octanol–water partition coefficient (Wildman–Crippen LogP) is 3.03. The summed E-state index contributed by atoms with van der Waals surface area (Å²) in [6.07, 6.45) is 3.09. The maximum absolute atomic E-state index is 10.8. The van der Waals surface area contributed by atoms with Crippen molar-refractivity contribution < 1.29 is 9.53 Å². The van der Waals surface area contributed by atoms with Crippen molar-refractivity contribution >= 4 is 33.4 Å². The van der Waals surface area contributed by atoms with Gasteiger partial charge in [-0.25, -0.2) is 5.84 Å². The molecule has 1 aromatic carbocycles. The molecule has 1 amide bonds. The van der Waals surface area contributed by atoms with Crippen LogP contribution in [0.3, 0.4) is 0 Å². The van der Waals surface area contributed by atoms with E-state index in [1.165, 1.54) is 0 Å². The van der Waals surface area contributed by atoms with E-state index in [0.717, 1.165) is 29.5 Å². The number of amides is 1. The van der Waals surface area contributed by atoms with Crippen molar-refractivity contribution in [2.45, 2.75) is 25.7 Å². The fraction of sp³-hybridized carbons (Fsp3) is 0.417. The van der Waals surface area contributed by atoms with Crippen LogP contribution in [-0.4, -0.2) is 12.5 Å². The topological polar surface area (TPSA) is 64.3 Å². The van der Waals surface area contributed by atoms with Crippen LogP contribution in [0.1, 0.15) is 25.7 Å². The van der Waals surface area contributed by atoms with Gasteiger partial charge in [-0.1, -0.05) is 11.6 Å². The molecule has 0 bridgehead atoms. The average molecular weight is 336 g/mol. The summed E-state index contributed by atoms with van der Waals surface area (Å²) in [6.45, 7) is 0.613. The van der Waals surface area contributed by atoms with Gasteiger partial charge in [-0.05, 0) is 53.4 Å². The molecule has 0 spiro atoms. The number of carbonyl (C=O) groups is 1. The Bertz CT molecular complexity index is 402. The summed E-state index contributed by atoms with van der Waals surface area (Å²) in [5.41, 5.74) is 2.10. The number of unbranched alkanes of at least 4 members (excludes halogenated alkanes) is 2. The minimum atomic E-state index is -0.129. The number of ether oxygens (including phenoxy) is 1. The molecule has 0 aromatic heterocycles. The first-order valence-corrected chi connectivity index (χ1v) is 6.88. The zero-order chi connectivity index (χ0) is 13.4. The van der Waals surface area contributed by atoms with Crippen LogP contribution in [-0.2, 0) is 4.79 Å². The van der Waals surface area contributed by atoms with Crippen LogP contribution in [0.25, 0.3) is 0 Å². The predicted molar refractivity (Wildman–Crippen MR) is 75.4 cm³/mol. The lowest BCUT2D eigenvalue weighted by Gasteiger charge is -2.07. The van der Waals surface area contributed by atoms with Crippen LogP contribution >= 0.6 is 27.5 Å². The maximum Gasteiger partial charge on any atom is 0.233 e.